The molecule has 0 saturated heterocycles. The van der Waals surface area contributed by atoms with Crippen LogP contribution >= 0.6 is 34.4 Å². The van der Waals surface area contributed by atoms with Crippen LogP contribution in [0, 0.1) is 0 Å². The Morgan fingerprint density at radius 3 is 3.09 bits per heavy atom. The van der Waals surface area contributed by atoms with Crippen molar-refractivity contribution >= 4 is 39.6 Å². The van der Waals surface area contributed by atoms with Gasteiger partial charge in [0.15, 0.2) is 10.2 Å². The summed E-state index contributed by atoms with van der Waals surface area (Å²) >= 11 is 4.89. The van der Waals surface area contributed by atoms with E-state index >= 15 is 0 Å². The van der Waals surface area contributed by atoms with Gasteiger partial charge in [0.2, 0.25) is 11.0 Å². The van der Waals surface area contributed by atoms with Gasteiger partial charge in [-0.1, -0.05) is 41.2 Å². The van der Waals surface area contributed by atoms with E-state index in [1.807, 2.05) is 0 Å². The Morgan fingerprint density at radius 2 is 2.26 bits per heavy atom. The van der Waals surface area contributed by atoms with Crippen LogP contribution in [0.1, 0.15) is 29.9 Å². The number of aryl methyl sites for hydroxylation is 1. The Balaban J connectivity index is 1.43. The molecule has 0 saturated carbocycles. The zero-order valence-electron chi connectivity index (χ0n) is 12.7. The summed E-state index contributed by atoms with van der Waals surface area (Å²) in [4.78, 5) is 5.71. The lowest BCUT2D eigenvalue weighted by atomic mass is 10.3. The van der Waals surface area contributed by atoms with Crippen molar-refractivity contribution in [3.05, 3.63) is 34.1 Å². The second-order valence-electron chi connectivity index (χ2n) is 4.77. The maximum absolute atomic E-state index is 5.21. The van der Waals surface area contributed by atoms with E-state index in [0.717, 1.165) is 41.1 Å². The van der Waals surface area contributed by atoms with E-state index < -0.39 is 0 Å². The second kappa shape index (κ2) is 8.42. The molecule has 0 aliphatic heterocycles. The summed E-state index contributed by atoms with van der Waals surface area (Å²) in [5, 5.41) is 18.5. The van der Waals surface area contributed by atoms with Gasteiger partial charge in [-0.15, -0.1) is 21.5 Å². The molecule has 122 valence electrons. The third-order valence-corrected chi connectivity index (χ3v) is 5.87. The van der Waals surface area contributed by atoms with Gasteiger partial charge in [0, 0.05) is 17.8 Å². The topological polar surface area (TPSA) is 76.7 Å². The number of hydrogen-bond acceptors (Lipinski definition) is 9. The smallest absolute Gasteiger partial charge is 0.237 e. The molecule has 0 bridgehead atoms. The van der Waals surface area contributed by atoms with E-state index in [1.165, 1.54) is 4.88 Å². The molecule has 3 aromatic heterocycles. The number of anilines is 1. The molecule has 0 aromatic carbocycles. The molecule has 0 aliphatic rings. The SMILES string of the molecule is CCCc1noc(CSc2nnc(NCCc3cccs3)s2)n1. The first kappa shape index (κ1) is 16.4. The summed E-state index contributed by atoms with van der Waals surface area (Å²) < 4.78 is 6.11. The Bertz CT molecular complexity index is 710. The molecular weight excluding hydrogens is 350 g/mol. The zero-order valence-corrected chi connectivity index (χ0v) is 15.1. The van der Waals surface area contributed by atoms with Gasteiger partial charge in [-0.2, -0.15) is 4.98 Å². The molecule has 3 aromatic rings. The van der Waals surface area contributed by atoms with Crippen molar-refractivity contribution in [1.29, 1.82) is 0 Å². The van der Waals surface area contributed by atoms with Crippen LogP contribution in [0.3, 0.4) is 0 Å². The van der Waals surface area contributed by atoms with Crippen molar-refractivity contribution in [2.24, 2.45) is 0 Å². The van der Waals surface area contributed by atoms with Crippen LogP contribution < -0.4 is 5.32 Å². The minimum absolute atomic E-state index is 0.626. The summed E-state index contributed by atoms with van der Waals surface area (Å²) in [6, 6.07) is 4.22. The molecule has 3 rings (SSSR count). The van der Waals surface area contributed by atoms with Crippen molar-refractivity contribution in [2.75, 3.05) is 11.9 Å². The molecule has 6 nitrogen and oxygen atoms in total. The Hall–Kier alpha value is -1.45. The highest BCUT2D eigenvalue weighted by Crippen LogP contribution is 2.27. The second-order valence-corrected chi connectivity index (χ2v) is 8.00. The number of nitrogens with one attached hydrogen (secondary N) is 1. The first-order valence-corrected chi connectivity index (χ1v) is 10.1. The molecule has 0 unspecified atom stereocenters. The summed E-state index contributed by atoms with van der Waals surface area (Å²) in [5.41, 5.74) is 0. The summed E-state index contributed by atoms with van der Waals surface area (Å²) in [6.45, 7) is 2.96. The lowest BCUT2D eigenvalue weighted by Gasteiger charge is -1.98. The molecule has 0 radical (unpaired) electrons. The van der Waals surface area contributed by atoms with E-state index in [-0.39, 0.29) is 0 Å². The van der Waals surface area contributed by atoms with E-state index in [0.29, 0.717) is 11.6 Å². The summed E-state index contributed by atoms with van der Waals surface area (Å²) in [5.74, 6) is 2.04. The average molecular weight is 368 g/mol. The highest BCUT2D eigenvalue weighted by Gasteiger charge is 2.09. The van der Waals surface area contributed by atoms with E-state index in [4.69, 9.17) is 4.52 Å². The van der Waals surface area contributed by atoms with Gasteiger partial charge in [-0.05, 0) is 24.3 Å². The third kappa shape index (κ3) is 5.02. The molecule has 9 heteroatoms. The Kier molecular flexibility index (Phi) is 6.00. The Labute approximate surface area is 146 Å². The molecular formula is C14H17N5OS3. The highest BCUT2D eigenvalue weighted by molar-refractivity contribution is 8.00. The minimum Gasteiger partial charge on any atom is -0.360 e. The van der Waals surface area contributed by atoms with Crippen molar-refractivity contribution in [2.45, 2.75) is 36.3 Å². The van der Waals surface area contributed by atoms with E-state index in [1.54, 1.807) is 34.4 Å². The highest BCUT2D eigenvalue weighted by atomic mass is 32.2. The summed E-state index contributed by atoms with van der Waals surface area (Å²) in [6.07, 6.45) is 2.87. The average Bonchev–Trinajstić information content (AvgIpc) is 3.27. The lowest BCUT2D eigenvalue weighted by Crippen LogP contribution is -2.03. The van der Waals surface area contributed by atoms with Crippen molar-refractivity contribution < 1.29 is 4.52 Å². The molecule has 0 fully saturated rings. The molecule has 23 heavy (non-hydrogen) atoms. The molecule has 0 amide bonds. The number of thioether (sulfide) groups is 1. The number of aromatic nitrogens is 4. The minimum atomic E-state index is 0.626. The Morgan fingerprint density at radius 1 is 1.30 bits per heavy atom. The quantitative estimate of drug-likeness (QED) is 0.575. The van der Waals surface area contributed by atoms with Crippen molar-refractivity contribution in [3.63, 3.8) is 0 Å². The predicted molar refractivity (Wildman–Crippen MR) is 94.3 cm³/mol. The fourth-order valence-electron chi connectivity index (χ4n) is 1.88. The molecule has 0 atom stereocenters. The number of nitrogens with zero attached hydrogens (tertiary/aromatic N) is 4. The van der Waals surface area contributed by atoms with Crippen LogP contribution in [0.2, 0.25) is 0 Å². The van der Waals surface area contributed by atoms with Crippen LogP contribution in [-0.2, 0) is 18.6 Å². The first-order valence-electron chi connectivity index (χ1n) is 7.37. The van der Waals surface area contributed by atoms with Crippen molar-refractivity contribution in [1.82, 2.24) is 20.3 Å². The monoisotopic (exact) mass is 367 g/mol. The number of rotatable bonds is 9. The summed E-state index contributed by atoms with van der Waals surface area (Å²) in [7, 11) is 0. The van der Waals surface area contributed by atoms with Crippen LogP contribution in [0.4, 0.5) is 5.13 Å². The van der Waals surface area contributed by atoms with Crippen molar-refractivity contribution in [3.8, 4) is 0 Å². The largest absolute Gasteiger partial charge is 0.360 e. The fraction of sp³-hybridized carbons (Fsp3) is 0.429. The zero-order chi connectivity index (χ0) is 15.9. The van der Waals surface area contributed by atoms with Gasteiger partial charge in [-0.3, -0.25) is 0 Å². The third-order valence-electron chi connectivity index (χ3n) is 2.94. The molecule has 1 N–H and O–H groups in total. The van der Waals surface area contributed by atoms with Crippen LogP contribution in [-0.4, -0.2) is 26.9 Å². The predicted octanol–water partition coefficient (Wildman–Crippen LogP) is 3.88. The van der Waals surface area contributed by atoms with Gasteiger partial charge in [0.05, 0.1) is 5.75 Å². The van der Waals surface area contributed by atoms with Crippen LogP contribution in [0.5, 0.6) is 0 Å². The van der Waals surface area contributed by atoms with Crippen LogP contribution in [0.15, 0.2) is 26.4 Å². The number of thiophene rings is 1. The molecule has 0 aliphatic carbocycles. The lowest BCUT2D eigenvalue weighted by molar-refractivity contribution is 0.384. The standard InChI is InChI=1S/C14H17N5OS3/c1-2-4-11-16-12(20-19-11)9-22-14-18-17-13(23-14)15-7-6-10-5-3-8-21-10/h3,5,8H,2,4,6-7,9H2,1H3,(H,15,17). The fourth-order valence-corrected chi connectivity index (χ4v) is 4.21. The molecule has 3 heterocycles. The normalized spacial score (nSPS) is 11.0. The maximum atomic E-state index is 5.21. The van der Waals surface area contributed by atoms with Gasteiger partial charge < -0.3 is 9.84 Å². The van der Waals surface area contributed by atoms with E-state index in [2.05, 4.69) is 50.1 Å². The van der Waals surface area contributed by atoms with Gasteiger partial charge in [-0.25, -0.2) is 0 Å². The number of hydrogen-bond donors (Lipinski definition) is 1. The first-order chi connectivity index (χ1) is 11.3. The molecule has 0 spiro atoms. The van der Waals surface area contributed by atoms with Gasteiger partial charge in [0.1, 0.15) is 0 Å². The van der Waals surface area contributed by atoms with Gasteiger partial charge >= 0.3 is 0 Å². The van der Waals surface area contributed by atoms with Gasteiger partial charge in [0.25, 0.3) is 0 Å². The van der Waals surface area contributed by atoms with E-state index in [9.17, 15) is 0 Å². The maximum Gasteiger partial charge on any atom is 0.237 e. The van der Waals surface area contributed by atoms with Crippen LogP contribution in [0.25, 0.3) is 0 Å².